The van der Waals surface area contributed by atoms with Crippen LogP contribution in [0.3, 0.4) is 0 Å². The molecule has 128 valence electrons. The van der Waals surface area contributed by atoms with Gasteiger partial charge in [-0.1, -0.05) is 47.5 Å². The number of benzene rings is 2. The third-order valence-electron chi connectivity index (χ3n) is 4.67. The number of para-hydroxylation sites is 1. The monoisotopic (exact) mass is 374 g/mol. The molecule has 1 aliphatic heterocycles. The third kappa shape index (κ3) is 2.80. The van der Waals surface area contributed by atoms with E-state index in [1.165, 1.54) is 7.11 Å². The zero-order valence-electron chi connectivity index (χ0n) is 13.5. The fourth-order valence-electron chi connectivity index (χ4n) is 3.48. The number of hydrogen-bond acceptors (Lipinski definition) is 3. The number of carbonyl (C=O) groups excluding carboxylic acids is 1. The Labute approximate surface area is 155 Å². The van der Waals surface area contributed by atoms with Crippen molar-refractivity contribution in [1.82, 2.24) is 10.3 Å². The fraction of sp³-hybridized carbons (Fsp3) is 0.211. The van der Waals surface area contributed by atoms with Gasteiger partial charge < -0.3 is 9.72 Å². The predicted molar refractivity (Wildman–Crippen MR) is 99.2 cm³/mol. The van der Waals surface area contributed by atoms with Crippen LogP contribution < -0.4 is 5.32 Å². The summed E-state index contributed by atoms with van der Waals surface area (Å²) in [6, 6.07) is 13.0. The number of hydrogen-bond donors (Lipinski definition) is 2. The Bertz CT molecular complexity index is 967. The lowest BCUT2D eigenvalue weighted by atomic mass is 9.90. The molecule has 2 atom stereocenters. The zero-order chi connectivity index (χ0) is 17.6. The maximum absolute atomic E-state index is 12.2. The molecule has 1 aromatic heterocycles. The second-order valence-corrected chi connectivity index (χ2v) is 6.93. The van der Waals surface area contributed by atoms with Crippen molar-refractivity contribution in [1.29, 1.82) is 0 Å². The number of fused-ring (bicyclic) bond motifs is 3. The van der Waals surface area contributed by atoms with Gasteiger partial charge in [0.2, 0.25) is 0 Å². The maximum Gasteiger partial charge on any atom is 0.323 e. The summed E-state index contributed by atoms with van der Waals surface area (Å²) in [7, 11) is 1.41. The standard InChI is InChI=1S/C19H16Cl2N2O2/c1-25-19(24)16-9-12-11-4-2-3-5-15(11)22-18(12)17(23-16)10-6-7-13(20)14(21)8-10/h2-8,16-17,22-23H,9H2,1H3/t16-,17-/m0/s1. The van der Waals surface area contributed by atoms with Crippen molar-refractivity contribution >= 4 is 40.1 Å². The fourth-order valence-corrected chi connectivity index (χ4v) is 3.79. The van der Waals surface area contributed by atoms with Crippen LogP contribution >= 0.6 is 23.2 Å². The van der Waals surface area contributed by atoms with E-state index in [1.807, 2.05) is 30.3 Å². The lowest BCUT2D eigenvalue weighted by Crippen LogP contribution is -2.45. The molecular weight excluding hydrogens is 359 g/mol. The molecule has 0 aliphatic carbocycles. The van der Waals surface area contributed by atoms with Gasteiger partial charge in [-0.3, -0.25) is 10.1 Å². The molecule has 0 saturated heterocycles. The highest BCUT2D eigenvalue weighted by molar-refractivity contribution is 6.42. The van der Waals surface area contributed by atoms with E-state index in [0.29, 0.717) is 16.5 Å². The van der Waals surface area contributed by atoms with Gasteiger partial charge in [-0.2, -0.15) is 0 Å². The number of halogens is 2. The molecule has 2 N–H and O–H groups in total. The normalized spacial score (nSPS) is 19.6. The molecule has 0 unspecified atom stereocenters. The smallest absolute Gasteiger partial charge is 0.323 e. The van der Waals surface area contributed by atoms with Gasteiger partial charge in [0.1, 0.15) is 6.04 Å². The quantitative estimate of drug-likeness (QED) is 0.659. The number of methoxy groups -OCH3 is 1. The van der Waals surface area contributed by atoms with E-state index in [2.05, 4.69) is 16.4 Å². The molecule has 0 amide bonds. The van der Waals surface area contributed by atoms with Crippen LogP contribution in [0.5, 0.6) is 0 Å². The van der Waals surface area contributed by atoms with Crippen LogP contribution in [-0.4, -0.2) is 24.1 Å². The molecule has 25 heavy (non-hydrogen) atoms. The van der Waals surface area contributed by atoms with E-state index in [0.717, 1.165) is 27.7 Å². The van der Waals surface area contributed by atoms with Crippen molar-refractivity contribution in [3.05, 3.63) is 69.3 Å². The molecular formula is C19H16Cl2N2O2. The van der Waals surface area contributed by atoms with Gasteiger partial charge in [0.05, 0.1) is 23.2 Å². The van der Waals surface area contributed by atoms with Gasteiger partial charge in [-0.25, -0.2) is 0 Å². The Morgan fingerprint density at radius 1 is 1.16 bits per heavy atom. The number of rotatable bonds is 2. The molecule has 0 bridgehead atoms. The van der Waals surface area contributed by atoms with Gasteiger partial charge >= 0.3 is 5.97 Å². The Hall–Kier alpha value is -2.01. The number of carbonyl (C=O) groups is 1. The van der Waals surface area contributed by atoms with Crippen molar-refractivity contribution in [3.63, 3.8) is 0 Å². The summed E-state index contributed by atoms with van der Waals surface area (Å²) in [4.78, 5) is 15.7. The Kier molecular flexibility index (Phi) is 4.20. The van der Waals surface area contributed by atoms with Gasteiger partial charge in [0.25, 0.3) is 0 Å². The average molecular weight is 375 g/mol. The molecule has 0 fully saturated rings. The molecule has 4 nitrogen and oxygen atoms in total. The second kappa shape index (κ2) is 6.37. The van der Waals surface area contributed by atoms with Gasteiger partial charge in [-0.15, -0.1) is 0 Å². The SMILES string of the molecule is COC(=O)[C@@H]1Cc2c([nH]c3ccccc23)[C@H](c2ccc(Cl)c(Cl)c2)N1. The first kappa shape index (κ1) is 16.5. The molecule has 2 aromatic carbocycles. The van der Waals surface area contributed by atoms with E-state index >= 15 is 0 Å². The summed E-state index contributed by atoms with van der Waals surface area (Å²) >= 11 is 12.3. The highest BCUT2D eigenvalue weighted by atomic mass is 35.5. The topological polar surface area (TPSA) is 54.1 Å². The van der Waals surface area contributed by atoms with Crippen LogP contribution in [0.2, 0.25) is 10.0 Å². The predicted octanol–water partition coefficient (Wildman–Crippen LogP) is 4.25. The molecule has 3 aromatic rings. The number of nitrogens with one attached hydrogen (secondary N) is 2. The summed E-state index contributed by atoms with van der Waals surface area (Å²) in [6.07, 6.45) is 0.573. The highest BCUT2D eigenvalue weighted by Crippen LogP contribution is 2.37. The summed E-state index contributed by atoms with van der Waals surface area (Å²) in [6.45, 7) is 0. The number of aromatic amines is 1. The summed E-state index contributed by atoms with van der Waals surface area (Å²) in [5, 5.41) is 5.49. The Morgan fingerprint density at radius 2 is 1.96 bits per heavy atom. The van der Waals surface area contributed by atoms with E-state index in [-0.39, 0.29) is 12.0 Å². The number of ether oxygens (including phenoxy) is 1. The van der Waals surface area contributed by atoms with Crippen LogP contribution in [0.1, 0.15) is 22.9 Å². The first-order valence-corrected chi connectivity index (χ1v) is 8.72. The van der Waals surface area contributed by atoms with Gasteiger partial charge in [0, 0.05) is 23.0 Å². The van der Waals surface area contributed by atoms with Crippen LogP contribution in [0.25, 0.3) is 10.9 Å². The molecule has 4 rings (SSSR count). The second-order valence-electron chi connectivity index (χ2n) is 6.12. The van der Waals surface area contributed by atoms with Gasteiger partial charge in [0.15, 0.2) is 0 Å². The molecule has 6 heteroatoms. The van der Waals surface area contributed by atoms with Crippen LogP contribution in [0, 0.1) is 0 Å². The average Bonchev–Trinajstić information content (AvgIpc) is 3.01. The number of H-pyrrole nitrogens is 1. The zero-order valence-corrected chi connectivity index (χ0v) is 15.0. The van der Waals surface area contributed by atoms with Crippen LogP contribution in [0.15, 0.2) is 42.5 Å². The molecule has 0 radical (unpaired) electrons. The van der Waals surface area contributed by atoms with Crippen molar-refractivity contribution < 1.29 is 9.53 Å². The molecule has 0 spiro atoms. The summed E-state index contributed by atoms with van der Waals surface area (Å²) in [5.74, 6) is -0.277. The number of esters is 1. The largest absolute Gasteiger partial charge is 0.468 e. The first-order valence-electron chi connectivity index (χ1n) is 7.97. The Morgan fingerprint density at radius 3 is 2.72 bits per heavy atom. The van der Waals surface area contributed by atoms with Crippen molar-refractivity contribution in [3.8, 4) is 0 Å². The molecule has 0 saturated carbocycles. The summed E-state index contributed by atoms with van der Waals surface area (Å²) < 4.78 is 4.96. The van der Waals surface area contributed by atoms with E-state index in [4.69, 9.17) is 27.9 Å². The lowest BCUT2D eigenvalue weighted by Gasteiger charge is -2.30. The minimum Gasteiger partial charge on any atom is -0.468 e. The molecule has 1 aliphatic rings. The van der Waals surface area contributed by atoms with E-state index in [9.17, 15) is 4.79 Å². The first-order chi connectivity index (χ1) is 12.1. The van der Waals surface area contributed by atoms with Gasteiger partial charge in [-0.05, 0) is 29.3 Å². The minimum absolute atomic E-state index is 0.199. The third-order valence-corrected chi connectivity index (χ3v) is 5.41. The Balaban J connectivity index is 1.88. The minimum atomic E-state index is -0.420. The van der Waals surface area contributed by atoms with E-state index < -0.39 is 6.04 Å². The number of aromatic nitrogens is 1. The van der Waals surface area contributed by atoms with Crippen molar-refractivity contribution in [2.75, 3.05) is 7.11 Å². The maximum atomic E-state index is 12.2. The lowest BCUT2D eigenvalue weighted by molar-refractivity contribution is -0.143. The van der Waals surface area contributed by atoms with Crippen LogP contribution in [-0.2, 0) is 16.0 Å². The molecule has 2 heterocycles. The van der Waals surface area contributed by atoms with Crippen LogP contribution in [0.4, 0.5) is 0 Å². The van der Waals surface area contributed by atoms with E-state index in [1.54, 1.807) is 6.07 Å². The summed E-state index contributed by atoms with van der Waals surface area (Å²) in [5.41, 5.74) is 4.15. The van der Waals surface area contributed by atoms with Crippen molar-refractivity contribution in [2.45, 2.75) is 18.5 Å². The highest BCUT2D eigenvalue weighted by Gasteiger charge is 2.34. The van der Waals surface area contributed by atoms with Crippen molar-refractivity contribution in [2.24, 2.45) is 0 Å².